The zero-order valence-corrected chi connectivity index (χ0v) is 12.7. The van der Waals surface area contributed by atoms with Crippen molar-refractivity contribution in [3.63, 3.8) is 0 Å². The number of nitrogens with zero attached hydrogens (tertiary/aromatic N) is 1. The fourth-order valence-corrected chi connectivity index (χ4v) is 6.49. The summed E-state index contributed by atoms with van der Waals surface area (Å²) in [5.74, 6) is 0.0176. The Hall–Kier alpha value is -0.190. The van der Waals surface area contributed by atoms with E-state index in [0.717, 1.165) is 19.4 Å². The van der Waals surface area contributed by atoms with Crippen molar-refractivity contribution in [3.05, 3.63) is 30.3 Å². The summed E-state index contributed by atoms with van der Waals surface area (Å²) >= 11 is 6.16. The van der Waals surface area contributed by atoms with Crippen molar-refractivity contribution in [2.75, 3.05) is 12.3 Å². The Balaban J connectivity index is 1.78. The molecule has 2 aliphatic rings. The van der Waals surface area contributed by atoms with Gasteiger partial charge in [0.15, 0.2) is 9.84 Å². The van der Waals surface area contributed by atoms with Crippen LogP contribution in [0.5, 0.6) is 0 Å². The lowest BCUT2D eigenvalue weighted by Gasteiger charge is -2.17. The van der Waals surface area contributed by atoms with Crippen LogP contribution in [-0.4, -0.2) is 37.5 Å². The van der Waals surface area contributed by atoms with E-state index in [1.807, 2.05) is 6.07 Å². The van der Waals surface area contributed by atoms with Crippen molar-refractivity contribution in [2.45, 2.75) is 29.9 Å². The Morgan fingerprint density at radius 1 is 1.37 bits per heavy atom. The van der Waals surface area contributed by atoms with E-state index < -0.39 is 17.5 Å². The third kappa shape index (κ3) is 2.67. The van der Waals surface area contributed by atoms with Crippen LogP contribution in [0, 0.1) is 0 Å². The molecule has 1 aromatic rings. The number of benzene rings is 1. The monoisotopic (exact) mass is 319 g/mol. The molecule has 0 spiro atoms. The molecular weight excluding hydrogens is 305 g/mol. The fourth-order valence-electron chi connectivity index (χ4n) is 2.67. The van der Waals surface area contributed by atoms with Crippen molar-refractivity contribution in [1.29, 1.82) is 0 Å². The highest BCUT2D eigenvalue weighted by Gasteiger charge is 2.46. The summed E-state index contributed by atoms with van der Waals surface area (Å²) in [6.45, 7) is 0.918. The van der Waals surface area contributed by atoms with Crippen LogP contribution in [0.3, 0.4) is 0 Å². The molecule has 19 heavy (non-hydrogen) atoms. The molecular formula is C12H15ClNO3PS. The van der Waals surface area contributed by atoms with Crippen molar-refractivity contribution in [1.82, 2.24) is 4.67 Å². The normalized spacial score (nSPS) is 31.5. The standard InChI is InChI=1S/C12H15ClNO3PS/c13-18-14-8-4-7-11(14)12(17-18)9-19(15,16)10-5-2-1-3-6-10/h1-3,5-6,11-12H,4,7-9H2/t11-,12+,18?/m0/s1. The quantitative estimate of drug-likeness (QED) is 0.804. The van der Waals surface area contributed by atoms with E-state index in [2.05, 4.69) is 4.67 Å². The van der Waals surface area contributed by atoms with Crippen molar-refractivity contribution < 1.29 is 12.9 Å². The summed E-state index contributed by atoms with van der Waals surface area (Å²) < 4.78 is 32.5. The van der Waals surface area contributed by atoms with E-state index in [9.17, 15) is 8.42 Å². The first-order valence-electron chi connectivity index (χ1n) is 6.25. The van der Waals surface area contributed by atoms with Gasteiger partial charge in [0.25, 0.3) is 0 Å². The average Bonchev–Trinajstić information content (AvgIpc) is 2.96. The molecule has 0 amide bonds. The zero-order chi connectivity index (χ0) is 13.5. The van der Waals surface area contributed by atoms with Crippen LogP contribution in [0.25, 0.3) is 0 Å². The van der Waals surface area contributed by atoms with Gasteiger partial charge in [-0.3, -0.25) is 0 Å². The van der Waals surface area contributed by atoms with Crippen molar-refractivity contribution >= 4 is 28.7 Å². The molecule has 1 unspecified atom stereocenters. The Bertz CT molecular complexity index is 553. The first-order chi connectivity index (χ1) is 9.08. The van der Waals surface area contributed by atoms with Crippen molar-refractivity contribution in [3.8, 4) is 0 Å². The summed E-state index contributed by atoms with van der Waals surface area (Å²) in [6.07, 6.45) is 1.75. The van der Waals surface area contributed by atoms with Crippen LogP contribution < -0.4 is 0 Å². The topological polar surface area (TPSA) is 46.6 Å². The molecule has 0 N–H and O–H groups in total. The van der Waals surface area contributed by atoms with Crippen LogP contribution in [0.2, 0.25) is 0 Å². The fraction of sp³-hybridized carbons (Fsp3) is 0.500. The molecule has 2 fully saturated rings. The van der Waals surface area contributed by atoms with Gasteiger partial charge in [-0.15, -0.1) is 0 Å². The number of hydrogen-bond acceptors (Lipinski definition) is 4. The molecule has 7 heteroatoms. The minimum absolute atomic E-state index is 0.0176. The van der Waals surface area contributed by atoms with E-state index in [-0.39, 0.29) is 17.9 Å². The summed E-state index contributed by atoms with van der Waals surface area (Å²) in [5, 5.41) is 0. The van der Waals surface area contributed by atoms with E-state index in [0.29, 0.717) is 4.90 Å². The maximum Gasteiger partial charge on any atom is 0.207 e. The minimum atomic E-state index is -3.31. The number of sulfone groups is 1. The molecule has 0 aliphatic carbocycles. The molecule has 4 nitrogen and oxygen atoms in total. The molecule has 2 aliphatic heterocycles. The van der Waals surface area contributed by atoms with Crippen molar-refractivity contribution in [2.24, 2.45) is 0 Å². The highest BCUT2D eigenvalue weighted by atomic mass is 35.7. The van der Waals surface area contributed by atoms with Gasteiger partial charge in [0.05, 0.1) is 16.8 Å². The highest BCUT2D eigenvalue weighted by Crippen LogP contribution is 2.58. The zero-order valence-electron chi connectivity index (χ0n) is 10.3. The van der Waals surface area contributed by atoms with E-state index >= 15 is 0 Å². The number of rotatable bonds is 3. The van der Waals surface area contributed by atoms with Gasteiger partial charge in [-0.25, -0.2) is 13.1 Å². The molecule has 0 aromatic heterocycles. The molecule has 104 valence electrons. The third-order valence-corrected chi connectivity index (χ3v) is 7.53. The second-order valence-electron chi connectivity index (χ2n) is 4.84. The van der Waals surface area contributed by atoms with Crippen LogP contribution >= 0.6 is 18.9 Å². The Kier molecular flexibility index (Phi) is 3.84. The molecule has 2 saturated heterocycles. The third-order valence-electron chi connectivity index (χ3n) is 3.61. The summed E-state index contributed by atoms with van der Waals surface area (Å²) in [4.78, 5) is 0.356. The first kappa shape index (κ1) is 13.8. The summed E-state index contributed by atoms with van der Waals surface area (Å²) in [7, 11) is -4.43. The molecule has 2 heterocycles. The SMILES string of the molecule is O=S(=O)(C[C@H]1OP(Cl)N2CCC[C@@H]12)c1ccccc1. The van der Waals surface area contributed by atoms with E-state index in [1.165, 1.54) is 0 Å². The first-order valence-corrected chi connectivity index (χ1v) is 10.0. The summed E-state index contributed by atoms with van der Waals surface area (Å²) in [5.41, 5.74) is 0. The number of halogens is 1. The van der Waals surface area contributed by atoms with Gasteiger partial charge in [0.1, 0.15) is 0 Å². The van der Waals surface area contributed by atoms with Gasteiger partial charge < -0.3 is 4.52 Å². The lowest BCUT2D eigenvalue weighted by Crippen LogP contribution is -2.33. The Labute approximate surface area is 119 Å². The molecule has 0 bridgehead atoms. The second kappa shape index (κ2) is 5.30. The number of fused-ring (bicyclic) bond motifs is 1. The van der Waals surface area contributed by atoms with Gasteiger partial charge >= 0.3 is 0 Å². The largest absolute Gasteiger partial charge is 0.325 e. The maximum atomic E-state index is 12.3. The Morgan fingerprint density at radius 3 is 2.84 bits per heavy atom. The van der Waals surface area contributed by atoms with Gasteiger partial charge in [-0.05, 0) is 36.2 Å². The lowest BCUT2D eigenvalue weighted by atomic mass is 10.1. The van der Waals surface area contributed by atoms with Gasteiger partial charge in [0.2, 0.25) is 7.65 Å². The average molecular weight is 320 g/mol. The molecule has 0 saturated carbocycles. The minimum Gasteiger partial charge on any atom is -0.325 e. The van der Waals surface area contributed by atoms with Crippen LogP contribution in [-0.2, 0) is 14.4 Å². The second-order valence-corrected chi connectivity index (χ2v) is 8.92. The van der Waals surface area contributed by atoms with E-state index in [1.54, 1.807) is 24.3 Å². The van der Waals surface area contributed by atoms with Gasteiger partial charge in [0, 0.05) is 12.6 Å². The van der Waals surface area contributed by atoms with Gasteiger partial charge in [-0.1, -0.05) is 18.2 Å². The number of hydrogen-bond donors (Lipinski definition) is 0. The van der Waals surface area contributed by atoms with Crippen LogP contribution in [0.4, 0.5) is 0 Å². The highest BCUT2D eigenvalue weighted by molar-refractivity contribution is 7.91. The van der Waals surface area contributed by atoms with Crippen LogP contribution in [0.1, 0.15) is 12.8 Å². The van der Waals surface area contributed by atoms with E-state index in [4.69, 9.17) is 15.8 Å². The lowest BCUT2D eigenvalue weighted by molar-refractivity contribution is 0.235. The predicted molar refractivity (Wildman–Crippen MR) is 75.9 cm³/mol. The van der Waals surface area contributed by atoms with Gasteiger partial charge in [-0.2, -0.15) is 0 Å². The molecule has 3 rings (SSSR count). The summed E-state index contributed by atoms with van der Waals surface area (Å²) in [6, 6.07) is 8.70. The smallest absolute Gasteiger partial charge is 0.207 e. The Morgan fingerprint density at radius 2 is 2.11 bits per heavy atom. The molecule has 0 radical (unpaired) electrons. The predicted octanol–water partition coefficient (Wildman–Crippen LogP) is 2.79. The maximum absolute atomic E-state index is 12.3. The van der Waals surface area contributed by atoms with Crippen LogP contribution in [0.15, 0.2) is 35.2 Å². The molecule has 3 atom stereocenters. The molecule has 1 aromatic carbocycles.